The summed E-state index contributed by atoms with van der Waals surface area (Å²) in [7, 11) is 0. The Hall–Kier alpha value is -0.800. The van der Waals surface area contributed by atoms with Gasteiger partial charge in [0.25, 0.3) is 0 Å². The third kappa shape index (κ3) is 21.2. The van der Waals surface area contributed by atoms with E-state index in [1.165, 1.54) is 51.4 Å². The highest BCUT2D eigenvalue weighted by Crippen LogP contribution is 2.08. The molecule has 0 aliphatic rings. The molecule has 0 aliphatic carbocycles. The standard InChI is InChI=1S/C20H38O3/c21-17-13-9-5-1-3-7-11-15-19-23-20-16-12-8-4-2-6-10-14-18-22/h15-16,19-22H,1-14,17-18H2. The van der Waals surface area contributed by atoms with Crippen molar-refractivity contribution in [3.8, 4) is 0 Å². The van der Waals surface area contributed by atoms with Crippen LogP contribution in [-0.2, 0) is 4.74 Å². The maximum atomic E-state index is 8.67. The predicted octanol–water partition coefficient (Wildman–Crippen LogP) is 5.48. The summed E-state index contributed by atoms with van der Waals surface area (Å²) in [4.78, 5) is 0. The van der Waals surface area contributed by atoms with Crippen molar-refractivity contribution < 1.29 is 14.9 Å². The molecule has 0 aromatic heterocycles. The van der Waals surface area contributed by atoms with Gasteiger partial charge in [0.2, 0.25) is 0 Å². The molecule has 0 spiro atoms. The van der Waals surface area contributed by atoms with Gasteiger partial charge in [0.05, 0.1) is 12.5 Å². The van der Waals surface area contributed by atoms with Crippen LogP contribution in [0.3, 0.4) is 0 Å². The van der Waals surface area contributed by atoms with Crippen LogP contribution in [0.25, 0.3) is 0 Å². The molecule has 23 heavy (non-hydrogen) atoms. The second-order valence-corrected chi connectivity index (χ2v) is 6.15. The van der Waals surface area contributed by atoms with Crippen LogP contribution < -0.4 is 0 Å². The summed E-state index contributed by atoms with van der Waals surface area (Å²) in [5.74, 6) is 0. The molecule has 0 rings (SSSR count). The lowest BCUT2D eigenvalue weighted by atomic mass is 10.1. The summed E-state index contributed by atoms with van der Waals surface area (Å²) in [6.45, 7) is 0.663. The van der Waals surface area contributed by atoms with Crippen molar-refractivity contribution in [2.45, 2.75) is 89.9 Å². The summed E-state index contributed by atoms with van der Waals surface area (Å²) >= 11 is 0. The first kappa shape index (κ1) is 22.2. The molecule has 136 valence electrons. The van der Waals surface area contributed by atoms with Gasteiger partial charge in [0.15, 0.2) is 0 Å². The monoisotopic (exact) mass is 326 g/mol. The van der Waals surface area contributed by atoms with E-state index in [-0.39, 0.29) is 0 Å². The Bertz CT molecular complexity index is 236. The number of ether oxygens (including phenoxy) is 1. The Morgan fingerprint density at radius 2 is 0.826 bits per heavy atom. The van der Waals surface area contributed by atoms with E-state index in [1.807, 2.05) is 0 Å². The number of unbranched alkanes of at least 4 members (excludes halogenated alkanes) is 12. The first-order valence-corrected chi connectivity index (χ1v) is 9.59. The van der Waals surface area contributed by atoms with Crippen LogP contribution in [0.2, 0.25) is 0 Å². The molecule has 0 aliphatic heterocycles. The summed E-state index contributed by atoms with van der Waals surface area (Å²) in [6, 6.07) is 0. The van der Waals surface area contributed by atoms with E-state index >= 15 is 0 Å². The topological polar surface area (TPSA) is 49.7 Å². The zero-order chi connectivity index (χ0) is 16.8. The third-order valence-corrected chi connectivity index (χ3v) is 3.91. The van der Waals surface area contributed by atoms with E-state index in [0.29, 0.717) is 13.2 Å². The molecule has 3 nitrogen and oxygen atoms in total. The van der Waals surface area contributed by atoms with E-state index in [1.54, 1.807) is 12.5 Å². The first-order chi connectivity index (χ1) is 11.4. The first-order valence-electron chi connectivity index (χ1n) is 9.59. The number of hydrogen-bond donors (Lipinski definition) is 2. The molecule has 0 saturated heterocycles. The molecule has 0 bridgehead atoms. The number of aliphatic hydroxyl groups is 2. The van der Waals surface area contributed by atoms with Gasteiger partial charge >= 0.3 is 0 Å². The van der Waals surface area contributed by atoms with Crippen molar-refractivity contribution in [1.29, 1.82) is 0 Å². The minimum Gasteiger partial charge on any atom is -0.473 e. The highest BCUT2D eigenvalue weighted by molar-refractivity contribution is 4.79. The van der Waals surface area contributed by atoms with Crippen LogP contribution in [-0.4, -0.2) is 23.4 Å². The van der Waals surface area contributed by atoms with Crippen LogP contribution >= 0.6 is 0 Å². The van der Waals surface area contributed by atoms with Crippen molar-refractivity contribution in [1.82, 2.24) is 0 Å². The molecule has 0 aromatic carbocycles. The van der Waals surface area contributed by atoms with Gasteiger partial charge in [-0.05, 0) is 50.7 Å². The molecule has 0 fully saturated rings. The molecule has 3 heteroatoms. The zero-order valence-electron chi connectivity index (χ0n) is 14.9. The number of rotatable bonds is 18. The predicted molar refractivity (Wildman–Crippen MR) is 98.2 cm³/mol. The fraction of sp³-hybridized carbons (Fsp3) is 0.800. The number of allylic oxidation sites excluding steroid dienone is 2. The van der Waals surface area contributed by atoms with E-state index in [2.05, 4.69) is 12.2 Å². The molecular weight excluding hydrogens is 288 g/mol. The fourth-order valence-corrected chi connectivity index (χ4v) is 2.45. The Kier molecular flexibility index (Phi) is 20.5. The van der Waals surface area contributed by atoms with Crippen molar-refractivity contribution in [3.05, 3.63) is 24.7 Å². The summed E-state index contributed by atoms with van der Waals surface area (Å²) in [5.41, 5.74) is 0. The quantitative estimate of drug-likeness (QED) is 0.259. The Morgan fingerprint density at radius 3 is 1.22 bits per heavy atom. The molecule has 0 saturated carbocycles. The van der Waals surface area contributed by atoms with Crippen LogP contribution in [0, 0.1) is 0 Å². The molecular formula is C20H38O3. The smallest absolute Gasteiger partial charge is 0.0861 e. The molecule has 2 N–H and O–H groups in total. The van der Waals surface area contributed by atoms with Crippen molar-refractivity contribution >= 4 is 0 Å². The molecule has 0 atom stereocenters. The van der Waals surface area contributed by atoms with Gasteiger partial charge in [-0.3, -0.25) is 0 Å². The van der Waals surface area contributed by atoms with Gasteiger partial charge < -0.3 is 14.9 Å². The zero-order valence-corrected chi connectivity index (χ0v) is 14.9. The van der Waals surface area contributed by atoms with Crippen LogP contribution in [0.5, 0.6) is 0 Å². The summed E-state index contributed by atoms with van der Waals surface area (Å²) in [5, 5.41) is 17.3. The SMILES string of the molecule is OCCCCCCCCC=COC=CCCCCCCCCO. The lowest BCUT2D eigenvalue weighted by Gasteiger charge is -1.99. The highest BCUT2D eigenvalue weighted by atomic mass is 16.5. The van der Waals surface area contributed by atoms with Gasteiger partial charge in [0.1, 0.15) is 0 Å². The minimum absolute atomic E-state index is 0.332. The lowest BCUT2D eigenvalue weighted by molar-refractivity contribution is 0.282. The van der Waals surface area contributed by atoms with Gasteiger partial charge in [0, 0.05) is 13.2 Å². The van der Waals surface area contributed by atoms with Crippen LogP contribution in [0.1, 0.15) is 89.9 Å². The average Bonchev–Trinajstić information content (AvgIpc) is 2.57. The maximum absolute atomic E-state index is 8.67. The van der Waals surface area contributed by atoms with Crippen LogP contribution in [0.4, 0.5) is 0 Å². The Morgan fingerprint density at radius 1 is 0.478 bits per heavy atom. The molecule has 0 amide bonds. The highest BCUT2D eigenvalue weighted by Gasteiger charge is 1.90. The molecule has 0 radical (unpaired) electrons. The van der Waals surface area contributed by atoms with Gasteiger partial charge in [-0.2, -0.15) is 0 Å². The number of aliphatic hydroxyl groups excluding tert-OH is 2. The molecule has 0 unspecified atom stereocenters. The third-order valence-electron chi connectivity index (χ3n) is 3.91. The Labute approximate surface area is 143 Å². The number of hydrogen-bond acceptors (Lipinski definition) is 3. The minimum atomic E-state index is 0.332. The average molecular weight is 327 g/mol. The van der Waals surface area contributed by atoms with Crippen molar-refractivity contribution in [3.63, 3.8) is 0 Å². The van der Waals surface area contributed by atoms with Crippen molar-refractivity contribution in [2.75, 3.05) is 13.2 Å². The van der Waals surface area contributed by atoms with E-state index < -0.39 is 0 Å². The summed E-state index contributed by atoms with van der Waals surface area (Å²) in [6.07, 6.45) is 24.2. The van der Waals surface area contributed by atoms with Gasteiger partial charge in [-0.15, -0.1) is 0 Å². The lowest BCUT2D eigenvalue weighted by Crippen LogP contribution is -1.83. The second-order valence-electron chi connectivity index (χ2n) is 6.15. The van der Waals surface area contributed by atoms with Gasteiger partial charge in [-0.25, -0.2) is 0 Å². The van der Waals surface area contributed by atoms with E-state index in [4.69, 9.17) is 14.9 Å². The fourth-order valence-electron chi connectivity index (χ4n) is 2.45. The maximum Gasteiger partial charge on any atom is 0.0861 e. The van der Waals surface area contributed by atoms with Crippen LogP contribution in [0.15, 0.2) is 24.7 Å². The van der Waals surface area contributed by atoms with E-state index in [9.17, 15) is 0 Å². The normalized spacial score (nSPS) is 11.7. The van der Waals surface area contributed by atoms with E-state index in [0.717, 1.165) is 38.5 Å². The largest absolute Gasteiger partial charge is 0.473 e. The van der Waals surface area contributed by atoms with Crippen molar-refractivity contribution in [2.24, 2.45) is 0 Å². The second kappa shape index (κ2) is 21.2. The summed E-state index contributed by atoms with van der Waals surface area (Å²) < 4.78 is 5.34. The Balaban J connectivity index is 3.14. The van der Waals surface area contributed by atoms with Gasteiger partial charge in [-0.1, -0.05) is 51.4 Å². The molecule has 0 heterocycles. The molecule has 0 aromatic rings.